The molecule has 0 aliphatic carbocycles. The Kier molecular flexibility index (Phi) is 5.84. The summed E-state index contributed by atoms with van der Waals surface area (Å²) >= 11 is 0. The predicted molar refractivity (Wildman–Crippen MR) is 76.6 cm³/mol. The van der Waals surface area contributed by atoms with Crippen molar-refractivity contribution in [3.8, 4) is 0 Å². The Hall–Kier alpha value is -1.26. The number of likely N-dealkylation sites (tertiary alicyclic amines) is 1. The van der Waals surface area contributed by atoms with Gasteiger partial charge in [0, 0.05) is 13.1 Å². The maximum Gasteiger partial charge on any atom is 0.410 e. The number of piperidine rings is 1. The number of carboxylic acids is 1. The van der Waals surface area contributed by atoms with Gasteiger partial charge in [-0.15, -0.1) is 0 Å². The zero-order valence-electron chi connectivity index (χ0n) is 13.0. The Morgan fingerprint density at radius 1 is 1.30 bits per heavy atom. The molecule has 1 amide bonds. The molecule has 5 heteroatoms. The number of rotatable bonds is 4. The van der Waals surface area contributed by atoms with E-state index in [1.54, 1.807) is 4.90 Å². The lowest BCUT2D eigenvalue weighted by Crippen LogP contribution is -2.42. The summed E-state index contributed by atoms with van der Waals surface area (Å²) < 4.78 is 5.35. The van der Waals surface area contributed by atoms with Gasteiger partial charge in [0.15, 0.2) is 0 Å². The molecule has 0 radical (unpaired) electrons. The van der Waals surface area contributed by atoms with Crippen LogP contribution in [-0.4, -0.2) is 40.8 Å². The van der Waals surface area contributed by atoms with Crippen LogP contribution in [0, 0.1) is 11.8 Å². The number of nitrogens with zero attached hydrogens (tertiary/aromatic N) is 1. The normalized spacial score (nSPS) is 18.7. The van der Waals surface area contributed by atoms with Gasteiger partial charge in [0.1, 0.15) is 5.60 Å². The minimum Gasteiger partial charge on any atom is -0.481 e. The molecule has 0 aromatic rings. The zero-order chi connectivity index (χ0) is 15.3. The summed E-state index contributed by atoms with van der Waals surface area (Å²) in [7, 11) is 0. The highest BCUT2D eigenvalue weighted by Crippen LogP contribution is 2.26. The van der Waals surface area contributed by atoms with Gasteiger partial charge >= 0.3 is 12.1 Å². The first kappa shape index (κ1) is 16.8. The van der Waals surface area contributed by atoms with Crippen molar-refractivity contribution >= 4 is 12.1 Å². The quantitative estimate of drug-likeness (QED) is 0.861. The first-order valence-electron chi connectivity index (χ1n) is 7.43. The van der Waals surface area contributed by atoms with E-state index in [4.69, 9.17) is 9.84 Å². The third-order valence-electron chi connectivity index (χ3n) is 3.73. The molecule has 1 unspecified atom stereocenters. The molecule has 0 bridgehead atoms. The van der Waals surface area contributed by atoms with Gasteiger partial charge in [0.25, 0.3) is 0 Å². The number of carbonyl (C=O) groups excluding carboxylic acids is 1. The van der Waals surface area contributed by atoms with Crippen LogP contribution in [0.15, 0.2) is 0 Å². The lowest BCUT2D eigenvalue weighted by atomic mass is 9.86. The monoisotopic (exact) mass is 285 g/mol. The number of hydrogen-bond acceptors (Lipinski definition) is 3. The fourth-order valence-corrected chi connectivity index (χ4v) is 2.52. The molecule has 1 N–H and O–H groups in total. The molecule has 0 aromatic heterocycles. The summed E-state index contributed by atoms with van der Waals surface area (Å²) in [5.74, 6) is -0.565. The zero-order valence-corrected chi connectivity index (χ0v) is 13.0. The molecule has 1 rings (SSSR count). The van der Waals surface area contributed by atoms with E-state index in [1.807, 2.05) is 27.7 Å². The number of hydrogen-bond donors (Lipinski definition) is 1. The van der Waals surface area contributed by atoms with Crippen molar-refractivity contribution in [3.05, 3.63) is 0 Å². The highest BCUT2D eigenvalue weighted by atomic mass is 16.6. The molecule has 0 saturated carbocycles. The van der Waals surface area contributed by atoms with Crippen molar-refractivity contribution in [1.29, 1.82) is 0 Å². The number of carboxylic acid groups (broad SMARTS) is 1. The van der Waals surface area contributed by atoms with E-state index in [1.165, 1.54) is 0 Å². The van der Waals surface area contributed by atoms with Crippen LogP contribution in [-0.2, 0) is 9.53 Å². The highest BCUT2D eigenvalue weighted by molar-refractivity contribution is 5.70. The number of carbonyl (C=O) groups is 2. The Labute approximate surface area is 121 Å². The molecule has 1 fully saturated rings. The highest BCUT2D eigenvalue weighted by Gasteiger charge is 2.29. The van der Waals surface area contributed by atoms with Crippen molar-refractivity contribution in [3.63, 3.8) is 0 Å². The minimum absolute atomic E-state index is 0.256. The predicted octanol–water partition coefficient (Wildman–Crippen LogP) is 3.13. The Balaban J connectivity index is 2.40. The Morgan fingerprint density at radius 2 is 1.85 bits per heavy atom. The van der Waals surface area contributed by atoms with Gasteiger partial charge in [-0.3, -0.25) is 4.79 Å². The van der Waals surface area contributed by atoms with Crippen LogP contribution in [0.3, 0.4) is 0 Å². The maximum absolute atomic E-state index is 11.9. The topological polar surface area (TPSA) is 66.8 Å². The molecule has 0 aromatic carbocycles. The number of aliphatic carboxylic acids is 1. The van der Waals surface area contributed by atoms with Crippen molar-refractivity contribution in [2.24, 2.45) is 11.8 Å². The SMILES string of the molecule is CCC(CC1CCN(C(=O)OC(C)(C)C)CC1)C(=O)O. The van der Waals surface area contributed by atoms with Gasteiger partial charge < -0.3 is 14.7 Å². The van der Waals surface area contributed by atoms with Crippen LogP contribution in [0.5, 0.6) is 0 Å². The van der Waals surface area contributed by atoms with Crippen molar-refractivity contribution in [2.75, 3.05) is 13.1 Å². The summed E-state index contributed by atoms with van der Waals surface area (Å²) in [6, 6.07) is 0. The van der Waals surface area contributed by atoms with Gasteiger partial charge in [0.2, 0.25) is 0 Å². The smallest absolute Gasteiger partial charge is 0.410 e. The molecule has 20 heavy (non-hydrogen) atoms. The van der Waals surface area contributed by atoms with Crippen LogP contribution in [0.2, 0.25) is 0 Å². The molecule has 0 spiro atoms. The summed E-state index contributed by atoms with van der Waals surface area (Å²) in [5.41, 5.74) is -0.468. The third kappa shape index (κ3) is 5.39. The first-order chi connectivity index (χ1) is 9.23. The van der Waals surface area contributed by atoms with E-state index in [0.717, 1.165) is 12.8 Å². The van der Waals surface area contributed by atoms with Gasteiger partial charge in [-0.05, 0) is 52.4 Å². The average Bonchev–Trinajstić information content (AvgIpc) is 2.34. The van der Waals surface area contributed by atoms with Crippen molar-refractivity contribution in [2.45, 2.75) is 59.0 Å². The van der Waals surface area contributed by atoms with E-state index in [9.17, 15) is 9.59 Å². The molecule has 1 atom stereocenters. The van der Waals surface area contributed by atoms with E-state index in [-0.39, 0.29) is 12.0 Å². The summed E-state index contributed by atoms with van der Waals surface area (Å²) in [5, 5.41) is 9.09. The molecule has 1 aliphatic rings. The molecule has 5 nitrogen and oxygen atoms in total. The lowest BCUT2D eigenvalue weighted by Gasteiger charge is -2.34. The minimum atomic E-state index is -0.706. The van der Waals surface area contributed by atoms with Crippen molar-refractivity contribution < 1.29 is 19.4 Å². The second kappa shape index (κ2) is 6.95. The summed E-state index contributed by atoms with van der Waals surface area (Å²) in [6.07, 6.45) is 2.85. The van der Waals surface area contributed by atoms with Crippen LogP contribution in [0.25, 0.3) is 0 Å². The van der Waals surface area contributed by atoms with E-state index in [2.05, 4.69) is 0 Å². The first-order valence-corrected chi connectivity index (χ1v) is 7.43. The number of ether oxygens (including phenoxy) is 1. The van der Waals surface area contributed by atoms with Gasteiger partial charge in [-0.25, -0.2) is 4.79 Å². The Bertz CT molecular complexity index is 340. The largest absolute Gasteiger partial charge is 0.481 e. The van der Waals surface area contributed by atoms with Gasteiger partial charge in [-0.1, -0.05) is 6.92 Å². The standard InChI is InChI=1S/C15H27NO4/c1-5-12(13(17)18)10-11-6-8-16(9-7-11)14(19)20-15(2,3)4/h11-12H,5-10H2,1-4H3,(H,17,18). The second-order valence-corrected chi connectivity index (χ2v) is 6.59. The van der Waals surface area contributed by atoms with E-state index < -0.39 is 11.6 Å². The third-order valence-corrected chi connectivity index (χ3v) is 3.73. The molecule has 1 aliphatic heterocycles. The fourth-order valence-electron chi connectivity index (χ4n) is 2.52. The molecule has 116 valence electrons. The molecule has 1 heterocycles. The molecule has 1 saturated heterocycles. The average molecular weight is 285 g/mol. The molecular formula is C15H27NO4. The summed E-state index contributed by atoms with van der Waals surface area (Å²) in [4.78, 5) is 24.7. The molecular weight excluding hydrogens is 258 g/mol. The lowest BCUT2D eigenvalue weighted by molar-refractivity contribution is -0.142. The van der Waals surface area contributed by atoms with E-state index in [0.29, 0.717) is 31.8 Å². The van der Waals surface area contributed by atoms with Crippen LogP contribution < -0.4 is 0 Å². The van der Waals surface area contributed by atoms with E-state index >= 15 is 0 Å². The second-order valence-electron chi connectivity index (χ2n) is 6.59. The fraction of sp³-hybridized carbons (Fsp3) is 0.867. The van der Waals surface area contributed by atoms with Crippen LogP contribution in [0.4, 0.5) is 4.79 Å². The van der Waals surface area contributed by atoms with Gasteiger partial charge in [-0.2, -0.15) is 0 Å². The van der Waals surface area contributed by atoms with Crippen molar-refractivity contribution in [1.82, 2.24) is 4.90 Å². The van der Waals surface area contributed by atoms with Crippen LogP contribution >= 0.6 is 0 Å². The number of amides is 1. The maximum atomic E-state index is 11.9. The van der Waals surface area contributed by atoms with Gasteiger partial charge in [0.05, 0.1) is 5.92 Å². The Morgan fingerprint density at radius 3 is 2.25 bits per heavy atom. The summed E-state index contributed by atoms with van der Waals surface area (Å²) in [6.45, 7) is 8.81. The van der Waals surface area contributed by atoms with Crippen LogP contribution in [0.1, 0.15) is 53.4 Å².